The van der Waals surface area contributed by atoms with Crippen LogP contribution >= 0.6 is 0 Å². The number of hydrogen-bond acceptors (Lipinski definition) is 3. The zero-order chi connectivity index (χ0) is 18.0. The van der Waals surface area contributed by atoms with E-state index in [1.165, 1.54) is 24.9 Å². The second-order valence-corrected chi connectivity index (χ2v) is 7.43. The molecule has 0 aromatic heterocycles. The van der Waals surface area contributed by atoms with E-state index >= 15 is 0 Å². The van der Waals surface area contributed by atoms with Gasteiger partial charge in [-0.3, -0.25) is 4.99 Å². The van der Waals surface area contributed by atoms with Crippen LogP contribution in [0, 0.1) is 5.92 Å². The Balaban J connectivity index is 1.68. The molecule has 1 aliphatic carbocycles. The number of ether oxygens (including phenoxy) is 1. The number of amidine groups is 1. The van der Waals surface area contributed by atoms with Crippen molar-refractivity contribution in [1.82, 2.24) is 0 Å². The normalized spacial score (nSPS) is 26.1. The number of methoxy groups -OCH3 is 1. The Morgan fingerprint density at radius 1 is 1.12 bits per heavy atom. The van der Waals surface area contributed by atoms with Gasteiger partial charge >= 0.3 is 0 Å². The van der Waals surface area contributed by atoms with Gasteiger partial charge in [-0.15, -0.1) is 0 Å². The highest BCUT2D eigenvalue weighted by Gasteiger charge is 2.45. The van der Waals surface area contributed by atoms with Gasteiger partial charge in [-0.05, 0) is 48.6 Å². The van der Waals surface area contributed by atoms with Gasteiger partial charge in [-0.25, -0.2) is 0 Å². The molecule has 0 bridgehead atoms. The molecule has 4 rings (SSSR count). The van der Waals surface area contributed by atoms with E-state index in [9.17, 15) is 0 Å². The maximum atomic E-state index is 5.34. The zero-order valence-corrected chi connectivity index (χ0v) is 15.6. The SMILES string of the molecule is COc1cccc(CN=C2Nc3ccccc3NC23CCCCC3C)c1. The molecule has 2 aromatic carbocycles. The predicted molar refractivity (Wildman–Crippen MR) is 108 cm³/mol. The van der Waals surface area contributed by atoms with Crippen LogP contribution in [0.5, 0.6) is 5.75 Å². The van der Waals surface area contributed by atoms with E-state index in [1.54, 1.807) is 7.11 Å². The minimum Gasteiger partial charge on any atom is -0.497 e. The van der Waals surface area contributed by atoms with Crippen LogP contribution in [0.3, 0.4) is 0 Å². The summed E-state index contributed by atoms with van der Waals surface area (Å²) in [4.78, 5) is 5.04. The molecule has 4 heteroatoms. The molecular formula is C22H27N3O. The van der Waals surface area contributed by atoms with E-state index in [1.807, 2.05) is 12.1 Å². The Morgan fingerprint density at radius 3 is 2.77 bits per heavy atom. The van der Waals surface area contributed by atoms with Crippen LogP contribution in [0.15, 0.2) is 53.5 Å². The number of para-hydroxylation sites is 2. The number of fused-ring (bicyclic) bond motifs is 1. The van der Waals surface area contributed by atoms with Crippen molar-refractivity contribution in [3.8, 4) is 5.75 Å². The molecule has 1 aliphatic heterocycles. The number of rotatable bonds is 3. The van der Waals surface area contributed by atoms with Crippen molar-refractivity contribution in [2.24, 2.45) is 10.9 Å². The van der Waals surface area contributed by atoms with Crippen molar-refractivity contribution in [3.05, 3.63) is 54.1 Å². The zero-order valence-electron chi connectivity index (χ0n) is 15.6. The monoisotopic (exact) mass is 349 g/mol. The van der Waals surface area contributed by atoms with E-state index in [4.69, 9.17) is 9.73 Å². The molecule has 1 heterocycles. The number of hydrogen-bond donors (Lipinski definition) is 2. The molecule has 1 saturated carbocycles. The maximum Gasteiger partial charge on any atom is 0.127 e. The fraction of sp³-hybridized carbons (Fsp3) is 0.409. The molecule has 26 heavy (non-hydrogen) atoms. The van der Waals surface area contributed by atoms with E-state index in [0.29, 0.717) is 12.5 Å². The summed E-state index contributed by atoms with van der Waals surface area (Å²) < 4.78 is 5.34. The fourth-order valence-corrected chi connectivity index (χ4v) is 4.25. The van der Waals surface area contributed by atoms with Crippen LogP contribution < -0.4 is 15.4 Å². The third-order valence-corrected chi connectivity index (χ3v) is 5.81. The van der Waals surface area contributed by atoms with Crippen LogP contribution in [0.4, 0.5) is 11.4 Å². The average Bonchev–Trinajstić information content (AvgIpc) is 2.69. The smallest absolute Gasteiger partial charge is 0.127 e. The number of aliphatic imine (C=N–C) groups is 1. The van der Waals surface area contributed by atoms with Crippen molar-refractivity contribution in [3.63, 3.8) is 0 Å². The van der Waals surface area contributed by atoms with Gasteiger partial charge in [0.2, 0.25) is 0 Å². The van der Waals surface area contributed by atoms with Gasteiger partial charge in [-0.1, -0.05) is 44.0 Å². The molecule has 2 atom stereocenters. The highest BCUT2D eigenvalue weighted by molar-refractivity contribution is 6.09. The van der Waals surface area contributed by atoms with Crippen LogP contribution in [0.1, 0.15) is 38.2 Å². The lowest BCUT2D eigenvalue weighted by molar-refractivity contribution is 0.296. The quantitative estimate of drug-likeness (QED) is 0.812. The largest absolute Gasteiger partial charge is 0.497 e. The van der Waals surface area contributed by atoms with Crippen molar-refractivity contribution in [1.29, 1.82) is 0 Å². The number of nitrogens with zero attached hydrogens (tertiary/aromatic N) is 1. The molecule has 0 amide bonds. The van der Waals surface area contributed by atoms with Crippen molar-refractivity contribution >= 4 is 17.2 Å². The summed E-state index contributed by atoms with van der Waals surface area (Å²) >= 11 is 0. The van der Waals surface area contributed by atoms with Crippen LogP contribution in [-0.4, -0.2) is 18.5 Å². The highest BCUT2D eigenvalue weighted by Crippen LogP contribution is 2.42. The lowest BCUT2D eigenvalue weighted by atomic mass is 9.71. The molecular weight excluding hydrogens is 322 g/mol. The molecule has 2 N–H and O–H groups in total. The molecule has 1 spiro atoms. The number of nitrogens with one attached hydrogen (secondary N) is 2. The second kappa shape index (κ2) is 7.02. The third kappa shape index (κ3) is 3.05. The Hall–Kier alpha value is -2.49. The summed E-state index contributed by atoms with van der Waals surface area (Å²) in [5, 5.41) is 7.50. The number of anilines is 2. The number of benzene rings is 2. The Morgan fingerprint density at radius 2 is 1.96 bits per heavy atom. The topological polar surface area (TPSA) is 45.6 Å². The summed E-state index contributed by atoms with van der Waals surface area (Å²) in [5.74, 6) is 2.50. The van der Waals surface area contributed by atoms with E-state index in [-0.39, 0.29) is 5.54 Å². The Labute approximate surface area is 155 Å². The molecule has 136 valence electrons. The molecule has 4 nitrogen and oxygen atoms in total. The Bertz CT molecular complexity index is 817. The van der Waals surface area contributed by atoms with Gasteiger partial charge in [0, 0.05) is 0 Å². The molecule has 2 aromatic rings. The van der Waals surface area contributed by atoms with Crippen molar-refractivity contribution in [2.45, 2.75) is 44.7 Å². The first-order valence-electron chi connectivity index (χ1n) is 9.53. The fourth-order valence-electron chi connectivity index (χ4n) is 4.25. The average molecular weight is 349 g/mol. The van der Waals surface area contributed by atoms with Gasteiger partial charge in [-0.2, -0.15) is 0 Å². The lowest BCUT2D eigenvalue weighted by Crippen LogP contribution is -2.58. The maximum absolute atomic E-state index is 5.34. The van der Waals surface area contributed by atoms with Gasteiger partial charge < -0.3 is 15.4 Å². The summed E-state index contributed by atoms with van der Waals surface area (Å²) in [6.07, 6.45) is 4.89. The standard InChI is InChI=1S/C22H27N3O/c1-16-8-5-6-13-22(16)21(24-19-11-3-4-12-20(19)25-22)23-15-17-9-7-10-18(14-17)26-2/h3-4,7,9-12,14,16,25H,5-6,8,13,15H2,1-2H3,(H,23,24). The first-order chi connectivity index (χ1) is 12.7. The third-order valence-electron chi connectivity index (χ3n) is 5.81. The lowest BCUT2D eigenvalue weighted by Gasteiger charge is -2.48. The van der Waals surface area contributed by atoms with E-state index < -0.39 is 0 Å². The first-order valence-corrected chi connectivity index (χ1v) is 9.53. The second-order valence-electron chi connectivity index (χ2n) is 7.43. The first kappa shape index (κ1) is 17.0. The summed E-state index contributed by atoms with van der Waals surface area (Å²) in [7, 11) is 1.70. The van der Waals surface area contributed by atoms with Crippen molar-refractivity contribution in [2.75, 3.05) is 17.7 Å². The van der Waals surface area contributed by atoms with Gasteiger partial charge in [0.25, 0.3) is 0 Å². The van der Waals surface area contributed by atoms with Crippen LogP contribution in [0.25, 0.3) is 0 Å². The predicted octanol–water partition coefficient (Wildman–Crippen LogP) is 5.08. The molecule has 2 unspecified atom stereocenters. The molecule has 2 aliphatic rings. The molecule has 0 saturated heterocycles. The van der Waals surface area contributed by atoms with Crippen molar-refractivity contribution < 1.29 is 4.74 Å². The molecule has 1 fully saturated rings. The van der Waals surface area contributed by atoms with Crippen LogP contribution in [-0.2, 0) is 6.54 Å². The summed E-state index contributed by atoms with van der Waals surface area (Å²) in [5.41, 5.74) is 3.36. The van der Waals surface area contributed by atoms with Crippen LogP contribution in [0.2, 0.25) is 0 Å². The summed E-state index contributed by atoms with van der Waals surface area (Å²) in [6.45, 7) is 3.00. The minimum absolute atomic E-state index is 0.0918. The Kier molecular flexibility index (Phi) is 4.58. The van der Waals surface area contributed by atoms with E-state index in [0.717, 1.165) is 29.3 Å². The van der Waals surface area contributed by atoms with Gasteiger partial charge in [0.05, 0.1) is 30.6 Å². The summed E-state index contributed by atoms with van der Waals surface area (Å²) in [6, 6.07) is 16.6. The van der Waals surface area contributed by atoms with Gasteiger partial charge in [0.1, 0.15) is 11.6 Å². The van der Waals surface area contributed by atoms with Gasteiger partial charge in [0.15, 0.2) is 0 Å². The van der Waals surface area contributed by atoms with E-state index in [2.05, 4.69) is 54.0 Å². The molecule has 0 radical (unpaired) electrons. The highest BCUT2D eigenvalue weighted by atomic mass is 16.5. The minimum atomic E-state index is -0.0918.